The lowest BCUT2D eigenvalue weighted by Crippen LogP contribution is -2.34. The quantitative estimate of drug-likeness (QED) is 0.654. The van der Waals surface area contributed by atoms with Crippen molar-refractivity contribution in [3.8, 4) is 11.3 Å². The fraction of sp³-hybridized carbons (Fsp3) is 0.333. The van der Waals surface area contributed by atoms with Crippen molar-refractivity contribution in [1.29, 1.82) is 0 Å². The minimum absolute atomic E-state index is 0.157. The average Bonchev–Trinajstić information content (AvgIpc) is 3.33. The van der Waals surface area contributed by atoms with E-state index in [1.165, 1.54) is 23.4 Å². The fourth-order valence-electron chi connectivity index (χ4n) is 4.76. The van der Waals surface area contributed by atoms with Crippen LogP contribution in [0.25, 0.3) is 11.3 Å². The van der Waals surface area contributed by atoms with Gasteiger partial charge >= 0.3 is 0 Å². The summed E-state index contributed by atoms with van der Waals surface area (Å²) in [5, 5.41) is 2.97. The summed E-state index contributed by atoms with van der Waals surface area (Å²) in [7, 11) is -3.35. The number of nitrogens with one attached hydrogen (secondary N) is 1. The van der Waals surface area contributed by atoms with Gasteiger partial charge in [-0.3, -0.25) is 9.10 Å². The first-order valence-electron chi connectivity index (χ1n) is 10.9. The molecule has 2 aliphatic rings. The maximum Gasteiger partial charge on any atom is 0.255 e. The highest BCUT2D eigenvalue weighted by Crippen LogP contribution is 2.35. The van der Waals surface area contributed by atoms with Crippen LogP contribution in [-0.2, 0) is 29.4 Å². The van der Waals surface area contributed by atoms with Gasteiger partial charge in [0.25, 0.3) is 5.91 Å². The summed E-state index contributed by atoms with van der Waals surface area (Å²) in [5.41, 5.74) is 4.62. The number of carbonyl (C=O) groups excluding carboxylic acids is 1. The van der Waals surface area contributed by atoms with Crippen molar-refractivity contribution in [2.45, 2.75) is 45.2 Å². The number of aryl methyl sites for hydroxylation is 2. The number of fused-ring (bicyclic) bond motifs is 2. The zero-order valence-corrected chi connectivity index (χ0v) is 19.0. The summed E-state index contributed by atoms with van der Waals surface area (Å²) in [6.07, 6.45) is 7.25. The number of carbonyl (C=O) groups is 1. The molecule has 32 heavy (non-hydrogen) atoms. The largest absolute Gasteiger partial charge is 0.334 e. The number of amides is 1. The predicted molar refractivity (Wildman–Crippen MR) is 125 cm³/mol. The number of imidazole rings is 1. The highest BCUT2D eigenvalue weighted by Gasteiger charge is 2.32. The Hall–Kier alpha value is -3.13. The molecule has 2 aromatic carbocycles. The van der Waals surface area contributed by atoms with E-state index in [1.54, 1.807) is 18.2 Å². The van der Waals surface area contributed by atoms with Crippen molar-refractivity contribution >= 4 is 27.3 Å². The molecule has 0 spiro atoms. The van der Waals surface area contributed by atoms with Gasteiger partial charge < -0.3 is 9.88 Å². The molecule has 3 aromatic rings. The van der Waals surface area contributed by atoms with Gasteiger partial charge in [-0.25, -0.2) is 13.4 Å². The Balaban J connectivity index is 1.37. The second-order valence-electron chi connectivity index (χ2n) is 8.68. The van der Waals surface area contributed by atoms with Gasteiger partial charge in [0.1, 0.15) is 5.82 Å². The van der Waals surface area contributed by atoms with Gasteiger partial charge in [-0.05, 0) is 62.1 Å². The van der Waals surface area contributed by atoms with E-state index in [4.69, 9.17) is 4.98 Å². The van der Waals surface area contributed by atoms with E-state index in [9.17, 15) is 13.2 Å². The molecule has 1 unspecified atom stereocenters. The van der Waals surface area contributed by atoms with Crippen LogP contribution in [0.2, 0.25) is 0 Å². The molecule has 1 aromatic heterocycles. The van der Waals surface area contributed by atoms with Gasteiger partial charge in [-0.2, -0.15) is 0 Å². The van der Waals surface area contributed by atoms with Crippen molar-refractivity contribution < 1.29 is 13.2 Å². The summed E-state index contributed by atoms with van der Waals surface area (Å²) in [6, 6.07) is 12.7. The van der Waals surface area contributed by atoms with E-state index in [0.29, 0.717) is 23.4 Å². The van der Waals surface area contributed by atoms with E-state index >= 15 is 0 Å². The highest BCUT2D eigenvalue weighted by molar-refractivity contribution is 7.92. The number of aromatic nitrogens is 2. The molecule has 0 bridgehead atoms. The van der Waals surface area contributed by atoms with E-state index in [1.807, 2.05) is 31.2 Å². The first-order valence-corrected chi connectivity index (χ1v) is 12.7. The second-order valence-corrected chi connectivity index (χ2v) is 10.5. The molecule has 166 valence electrons. The van der Waals surface area contributed by atoms with Crippen LogP contribution in [0, 0.1) is 0 Å². The maximum absolute atomic E-state index is 12.9. The molecule has 3 heterocycles. The fourth-order valence-corrected chi connectivity index (χ4v) is 6.02. The molecule has 0 aliphatic carbocycles. The van der Waals surface area contributed by atoms with Crippen molar-refractivity contribution in [1.82, 2.24) is 9.55 Å². The van der Waals surface area contributed by atoms with Gasteiger partial charge in [0.05, 0.1) is 17.6 Å². The van der Waals surface area contributed by atoms with Crippen LogP contribution in [0.3, 0.4) is 0 Å². The lowest BCUT2D eigenvalue weighted by Gasteiger charge is -2.21. The van der Waals surface area contributed by atoms with Crippen molar-refractivity contribution in [2.24, 2.45) is 0 Å². The van der Waals surface area contributed by atoms with Gasteiger partial charge in [-0.15, -0.1) is 0 Å². The van der Waals surface area contributed by atoms with Crippen molar-refractivity contribution in [3.63, 3.8) is 0 Å². The molecule has 0 saturated heterocycles. The molecule has 2 aliphatic heterocycles. The molecule has 5 rings (SSSR count). The van der Waals surface area contributed by atoms with E-state index in [2.05, 4.69) is 16.1 Å². The summed E-state index contributed by atoms with van der Waals surface area (Å²) < 4.78 is 27.9. The van der Waals surface area contributed by atoms with Crippen LogP contribution in [0.4, 0.5) is 11.4 Å². The Morgan fingerprint density at radius 2 is 2.00 bits per heavy atom. The third kappa shape index (κ3) is 3.79. The molecule has 0 saturated carbocycles. The van der Waals surface area contributed by atoms with Crippen LogP contribution < -0.4 is 9.62 Å². The van der Waals surface area contributed by atoms with Gasteiger partial charge in [-0.1, -0.05) is 12.1 Å². The monoisotopic (exact) mass is 450 g/mol. The third-order valence-electron chi connectivity index (χ3n) is 6.18. The van der Waals surface area contributed by atoms with Crippen molar-refractivity contribution in [3.05, 3.63) is 65.6 Å². The smallest absolute Gasteiger partial charge is 0.255 e. The van der Waals surface area contributed by atoms with Crippen LogP contribution in [0.1, 0.15) is 41.5 Å². The summed E-state index contributed by atoms with van der Waals surface area (Å²) in [6.45, 7) is 2.88. The molecule has 0 radical (unpaired) electrons. The van der Waals surface area contributed by atoms with Gasteiger partial charge in [0.2, 0.25) is 10.0 Å². The Bertz CT molecular complexity index is 1290. The number of rotatable bonds is 4. The zero-order valence-electron chi connectivity index (χ0n) is 18.2. The maximum atomic E-state index is 12.9. The molecule has 0 fully saturated rings. The highest BCUT2D eigenvalue weighted by atomic mass is 32.2. The Morgan fingerprint density at radius 1 is 1.16 bits per heavy atom. The summed E-state index contributed by atoms with van der Waals surface area (Å²) in [5.74, 6) is 0.899. The number of sulfonamides is 1. The molecule has 1 atom stereocenters. The Morgan fingerprint density at radius 3 is 2.78 bits per heavy atom. The summed E-state index contributed by atoms with van der Waals surface area (Å²) >= 11 is 0. The normalized spacial score (nSPS) is 17.7. The molecular formula is C24H26N4O3S. The number of nitrogens with zero attached hydrogens (tertiary/aromatic N) is 3. The van der Waals surface area contributed by atoms with Crippen LogP contribution in [0.5, 0.6) is 0 Å². The van der Waals surface area contributed by atoms with Crippen LogP contribution in [-0.4, -0.2) is 36.2 Å². The minimum atomic E-state index is -3.35. The second kappa shape index (κ2) is 7.78. The molecular weight excluding hydrogens is 424 g/mol. The van der Waals surface area contributed by atoms with Gasteiger partial charge in [0.15, 0.2) is 0 Å². The minimum Gasteiger partial charge on any atom is -0.334 e. The van der Waals surface area contributed by atoms with E-state index in [-0.39, 0.29) is 11.9 Å². The average molecular weight is 451 g/mol. The number of hydrogen-bond acceptors (Lipinski definition) is 4. The molecule has 7 nitrogen and oxygen atoms in total. The number of hydrogen-bond donors (Lipinski definition) is 1. The first-order chi connectivity index (χ1) is 15.3. The Labute approximate surface area is 188 Å². The lowest BCUT2D eigenvalue weighted by molar-refractivity contribution is 0.102. The SMILES string of the molecule is CC1Cc2cc(C(=O)Nc3cccc(-c4cn5c(n4)CCCC5)c3)ccc2N1S(C)(=O)=O. The Kier molecular flexibility index (Phi) is 5.04. The number of benzene rings is 2. The van der Waals surface area contributed by atoms with Crippen molar-refractivity contribution in [2.75, 3.05) is 15.9 Å². The topological polar surface area (TPSA) is 84.3 Å². The van der Waals surface area contributed by atoms with E-state index in [0.717, 1.165) is 35.6 Å². The lowest BCUT2D eigenvalue weighted by atomic mass is 10.1. The predicted octanol–water partition coefficient (Wildman–Crippen LogP) is 3.85. The van der Waals surface area contributed by atoms with Gasteiger partial charge in [0, 0.05) is 42.0 Å². The molecule has 8 heteroatoms. The molecule has 1 amide bonds. The summed E-state index contributed by atoms with van der Waals surface area (Å²) in [4.78, 5) is 17.7. The van der Waals surface area contributed by atoms with E-state index < -0.39 is 10.0 Å². The zero-order chi connectivity index (χ0) is 22.5. The first kappa shape index (κ1) is 20.8. The standard InChI is InChI=1S/C24H26N4O3S/c1-16-12-19-13-18(9-10-22(19)28(16)32(2,30)31)24(29)25-20-7-5-6-17(14-20)21-15-27-11-4-3-8-23(27)26-21/h5-7,9-10,13-16H,3-4,8,11-12H2,1-2H3,(H,25,29). The van der Waals surface area contributed by atoms with Crippen LogP contribution in [0.15, 0.2) is 48.7 Å². The third-order valence-corrected chi connectivity index (χ3v) is 7.45. The number of anilines is 2. The van der Waals surface area contributed by atoms with Crippen LogP contribution >= 0.6 is 0 Å². The molecule has 1 N–H and O–H groups in total.